The standard InChI is InChI=1S/C27H31FN4O3S/c1-19-16-22(28)8-10-24(19)30-27(33)21-6-5-13-31(18-21)26-12-7-20-17-23(9-11-25(20)29-26)36(34,35)32-14-3-2-4-15-32/h7-12,16-17,21H,2-6,13-15,18H2,1H3,(H,30,33)/t21-/m1/s1. The fourth-order valence-corrected chi connectivity index (χ4v) is 6.64. The molecule has 2 aliphatic heterocycles. The van der Waals surface area contributed by atoms with E-state index >= 15 is 0 Å². The Hall–Kier alpha value is -3.04. The minimum Gasteiger partial charge on any atom is -0.356 e. The first-order chi connectivity index (χ1) is 17.3. The van der Waals surface area contributed by atoms with E-state index < -0.39 is 10.0 Å². The van der Waals surface area contributed by atoms with E-state index in [-0.39, 0.29) is 17.6 Å². The molecule has 2 aliphatic rings. The molecule has 1 N–H and O–H groups in total. The van der Waals surface area contributed by atoms with E-state index in [1.807, 2.05) is 12.1 Å². The third-order valence-corrected chi connectivity index (χ3v) is 9.06. The highest BCUT2D eigenvalue weighted by atomic mass is 32.2. The summed E-state index contributed by atoms with van der Waals surface area (Å²) < 4.78 is 41.1. The van der Waals surface area contributed by atoms with Gasteiger partial charge in [-0.1, -0.05) is 6.42 Å². The van der Waals surface area contributed by atoms with Gasteiger partial charge in [0.05, 0.1) is 16.3 Å². The van der Waals surface area contributed by atoms with E-state index in [9.17, 15) is 17.6 Å². The van der Waals surface area contributed by atoms with Gasteiger partial charge >= 0.3 is 0 Å². The van der Waals surface area contributed by atoms with Gasteiger partial charge in [0.15, 0.2) is 0 Å². The molecule has 1 amide bonds. The molecule has 2 saturated heterocycles. The smallest absolute Gasteiger partial charge is 0.243 e. The Labute approximate surface area is 211 Å². The van der Waals surface area contributed by atoms with Crippen LogP contribution < -0.4 is 10.2 Å². The maximum absolute atomic E-state index is 13.4. The number of aryl methyl sites for hydroxylation is 1. The summed E-state index contributed by atoms with van der Waals surface area (Å²) in [6.07, 6.45) is 4.49. The summed E-state index contributed by atoms with van der Waals surface area (Å²) in [5.41, 5.74) is 2.03. The van der Waals surface area contributed by atoms with Crippen molar-refractivity contribution in [3.63, 3.8) is 0 Å². The molecule has 0 saturated carbocycles. The quantitative estimate of drug-likeness (QED) is 0.538. The number of piperidine rings is 2. The van der Waals surface area contributed by atoms with E-state index in [0.717, 1.165) is 55.4 Å². The summed E-state index contributed by atoms with van der Waals surface area (Å²) in [6.45, 7) is 4.24. The molecule has 3 aromatic rings. The molecule has 1 atom stereocenters. The molecule has 0 radical (unpaired) electrons. The van der Waals surface area contributed by atoms with Crippen LogP contribution in [0.4, 0.5) is 15.9 Å². The maximum Gasteiger partial charge on any atom is 0.243 e. The normalized spacial score (nSPS) is 19.4. The van der Waals surface area contributed by atoms with Crippen LogP contribution in [-0.4, -0.2) is 49.8 Å². The number of carbonyl (C=O) groups is 1. The fourth-order valence-electron chi connectivity index (χ4n) is 5.09. The number of hydrogen-bond acceptors (Lipinski definition) is 5. The first kappa shape index (κ1) is 24.6. The summed E-state index contributed by atoms with van der Waals surface area (Å²) >= 11 is 0. The van der Waals surface area contributed by atoms with Gasteiger partial charge in [-0.15, -0.1) is 0 Å². The van der Waals surface area contributed by atoms with Crippen molar-refractivity contribution in [1.82, 2.24) is 9.29 Å². The van der Waals surface area contributed by atoms with Crippen molar-refractivity contribution in [2.24, 2.45) is 5.92 Å². The molecule has 2 aromatic carbocycles. The third kappa shape index (κ3) is 5.08. The summed E-state index contributed by atoms with van der Waals surface area (Å²) in [5.74, 6) is 0.151. The lowest BCUT2D eigenvalue weighted by molar-refractivity contribution is -0.120. The van der Waals surface area contributed by atoms with Gasteiger partial charge in [-0.3, -0.25) is 4.79 Å². The van der Waals surface area contributed by atoms with Crippen molar-refractivity contribution >= 4 is 38.3 Å². The van der Waals surface area contributed by atoms with Crippen molar-refractivity contribution in [3.8, 4) is 0 Å². The predicted molar refractivity (Wildman–Crippen MR) is 139 cm³/mol. The monoisotopic (exact) mass is 510 g/mol. The average molecular weight is 511 g/mol. The molecule has 3 heterocycles. The van der Waals surface area contributed by atoms with E-state index in [2.05, 4.69) is 10.2 Å². The third-order valence-electron chi connectivity index (χ3n) is 7.16. The van der Waals surface area contributed by atoms with E-state index in [1.54, 1.807) is 35.5 Å². The molecule has 0 aliphatic carbocycles. The maximum atomic E-state index is 13.4. The Morgan fingerprint density at radius 3 is 2.58 bits per heavy atom. The van der Waals surface area contributed by atoms with Gasteiger partial charge < -0.3 is 10.2 Å². The first-order valence-electron chi connectivity index (χ1n) is 12.5. The number of amides is 1. The van der Waals surface area contributed by atoms with Gasteiger partial charge in [-0.05, 0) is 86.7 Å². The largest absolute Gasteiger partial charge is 0.356 e. The molecule has 5 rings (SSSR count). The molecule has 36 heavy (non-hydrogen) atoms. The van der Waals surface area contributed by atoms with Crippen LogP contribution in [0.2, 0.25) is 0 Å². The minimum absolute atomic E-state index is 0.0808. The zero-order valence-electron chi connectivity index (χ0n) is 20.4. The number of aromatic nitrogens is 1. The van der Waals surface area contributed by atoms with Crippen LogP contribution in [0.5, 0.6) is 0 Å². The number of nitrogens with zero attached hydrogens (tertiary/aromatic N) is 3. The minimum atomic E-state index is -3.50. The molecule has 1 aromatic heterocycles. The van der Waals surface area contributed by atoms with Gasteiger partial charge in [0.1, 0.15) is 11.6 Å². The van der Waals surface area contributed by atoms with E-state index in [1.165, 1.54) is 12.1 Å². The molecule has 9 heteroatoms. The number of sulfonamides is 1. The molecule has 0 spiro atoms. The van der Waals surface area contributed by atoms with Crippen LogP contribution in [-0.2, 0) is 14.8 Å². The zero-order chi connectivity index (χ0) is 25.3. The Balaban J connectivity index is 1.31. The number of anilines is 2. The second kappa shape index (κ2) is 10.1. The van der Waals surface area contributed by atoms with E-state index in [4.69, 9.17) is 4.98 Å². The Morgan fingerprint density at radius 1 is 1.00 bits per heavy atom. The topological polar surface area (TPSA) is 82.6 Å². The van der Waals surface area contributed by atoms with Crippen molar-refractivity contribution in [2.45, 2.75) is 43.9 Å². The van der Waals surface area contributed by atoms with Crippen molar-refractivity contribution in [2.75, 3.05) is 36.4 Å². The number of halogens is 1. The van der Waals surface area contributed by atoms with Gasteiger partial charge in [0, 0.05) is 37.3 Å². The molecule has 2 fully saturated rings. The Morgan fingerprint density at radius 2 is 1.81 bits per heavy atom. The molecular formula is C27H31FN4O3S. The lowest BCUT2D eigenvalue weighted by Crippen LogP contribution is -2.41. The second-order valence-electron chi connectivity index (χ2n) is 9.72. The van der Waals surface area contributed by atoms with Gasteiger partial charge in [-0.2, -0.15) is 4.31 Å². The summed E-state index contributed by atoms with van der Waals surface area (Å²) in [7, 11) is -3.50. The van der Waals surface area contributed by atoms with E-state index in [0.29, 0.717) is 35.8 Å². The molecular weight excluding hydrogens is 479 g/mol. The molecule has 0 unspecified atom stereocenters. The van der Waals surface area contributed by atoms with Crippen molar-refractivity contribution in [3.05, 3.63) is 59.9 Å². The predicted octanol–water partition coefficient (Wildman–Crippen LogP) is 4.71. The second-order valence-corrected chi connectivity index (χ2v) is 11.7. The number of benzene rings is 2. The van der Waals surface area contributed by atoms with Crippen LogP contribution in [0, 0.1) is 18.7 Å². The number of nitrogens with one attached hydrogen (secondary N) is 1. The van der Waals surface area contributed by atoms with Gasteiger partial charge in [0.2, 0.25) is 15.9 Å². The SMILES string of the molecule is Cc1cc(F)ccc1NC(=O)[C@@H]1CCCN(c2ccc3cc(S(=O)(=O)N4CCCCC4)ccc3n2)C1. The van der Waals surface area contributed by atoms with Crippen molar-refractivity contribution in [1.29, 1.82) is 0 Å². The lowest BCUT2D eigenvalue weighted by Gasteiger charge is -2.33. The summed E-state index contributed by atoms with van der Waals surface area (Å²) in [4.78, 5) is 20.1. The fraction of sp³-hybridized carbons (Fsp3) is 0.407. The molecule has 0 bridgehead atoms. The number of pyridine rings is 1. The Bertz CT molecular complexity index is 1390. The lowest BCUT2D eigenvalue weighted by atomic mass is 9.96. The number of carbonyl (C=O) groups excluding carboxylic acids is 1. The zero-order valence-corrected chi connectivity index (χ0v) is 21.2. The van der Waals surface area contributed by atoms with Crippen molar-refractivity contribution < 1.29 is 17.6 Å². The summed E-state index contributed by atoms with van der Waals surface area (Å²) in [5, 5.41) is 3.72. The average Bonchev–Trinajstić information content (AvgIpc) is 2.90. The van der Waals surface area contributed by atoms with Crippen LogP contribution >= 0.6 is 0 Å². The van der Waals surface area contributed by atoms with Crippen LogP contribution in [0.15, 0.2) is 53.4 Å². The van der Waals surface area contributed by atoms with Gasteiger partial charge in [0.25, 0.3) is 0 Å². The Kier molecular flexibility index (Phi) is 6.94. The van der Waals surface area contributed by atoms with Gasteiger partial charge in [-0.25, -0.2) is 17.8 Å². The highest BCUT2D eigenvalue weighted by Gasteiger charge is 2.28. The number of hydrogen-bond donors (Lipinski definition) is 1. The highest BCUT2D eigenvalue weighted by Crippen LogP contribution is 2.28. The van der Waals surface area contributed by atoms with Crippen LogP contribution in [0.3, 0.4) is 0 Å². The number of rotatable bonds is 5. The molecule has 7 nitrogen and oxygen atoms in total. The molecule has 190 valence electrons. The summed E-state index contributed by atoms with van der Waals surface area (Å²) in [6, 6.07) is 13.2. The van der Waals surface area contributed by atoms with Crippen LogP contribution in [0.25, 0.3) is 10.9 Å². The van der Waals surface area contributed by atoms with Crippen LogP contribution in [0.1, 0.15) is 37.7 Å². The number of fused-ring (bicyclic) bond motifs is 1. The first-order valence-corrected chi connectivity index (χ1v) is 14.0. The highest BCUT2D eigenvalue weighted by molar-refractivity contribution is 7.89.